The van der Waals surface area contributed by atoms with Gasteiger partial charge in [-0.25, -0.2) is 0 Å². The summed E-state index contributed by atoms with van der Waals surface area (Å²) in [7, 11) is 0. The van der Waals surface area contributed by atoms with E-state index in [1.807, 2.05) is 18.2 Å². The lowest BCUT2D eigenvalue weighted by atomic mass is 9.79. The van der Waals surface area contributed by atoms with E-state index in [1.54, 1.807) is 0 Å². The Bertz CT molecular complexity index is 450. The summed E-state index contributed by atoms with van der Waals surface area (Å²) in [6.45, 7) is 6.55. The topological polar surface area (TPSA) is 12.0 Å². The van der Waals surface area contributed by atoms with Gasteiger partial charge in [0, 0.05) is 6.54 Å². The maximum Gasteiger partial charge on any atom is 0.0664 e. The van der Waals surface area contributed by atoms with Crippen LogP contribution in [0.3, 0.4) is 0 Å². The van der Waals surface area contributed by atoms with Crippen LogP contribution in [0, 0.1) is 5.41 Å². The van der Waals surface area contributed by atoms with Crippen molar-refractivity contribution in [1.82, 2.24) is 5.32 Å². The largest absolute Gasteiger partial charge is 0.316 e. The van der Waals surface area contributed by atoms with E-state index in [-0.39, 0.29) is 5.41 Å². The maximum atomic E-state index is 6.21. The van der Waals surface area contributed by atoms with E-state index in [1.165, 1.54) is 5.57 Å². The summed E-state index contributed by atoms with van der Waals surface area (Å²) < 4.78 is 0. The third-order valence-corrected chi connectivity index (χ3v) is 4.15. The molecular weight excluding hydrogens is 253 g/mol. The third kappa shape index (κ3) is 2.85. The predicted molar refractivity (Wildman–Crippen MR) is 75.7 cm³/mol. The van der Waals surface area contributed by atoms with Gasteiger partial charge in [0.05, 0.1) is 10.0 Å². The average Bonchev–Trinajstić information content (AvgIpc) is 2.27. The molecule has 0 saturated carbocycles. The minimum absolute atomic E-state index is 0.184. The molecule has 1 saturated heterocycles. The summed E-state index contributed by atoms with van der Waals surface area (Å²) >= 11 is 12.2. The first-order valence-electron chi connectivity index (χ1n) is 5.86. The second-order valence-corrected chi connectivity index (χ2v) is 5.91. The van der Waals surface area contributed by atoms with Crippen molar-refractivity contribution in [3.05, 3.63) is 39.4 Å². The molecule has 1 N–H and O–H groups in total. The van der Waals surface area contributed by atoms with E-state index in [0.717, 1.165) is 25.1 Å². The molecule has 1 fully saturated rings. The molecule has 1 nitrogen and oxygen atoms in total. The van der Waals surface area contributed by atoms with Crippen molar-refractivity contribution >= 4 is 29.3 Å². The van der Waals surface area contributed by atoms with Gasteiger partial charge in [0.2, 0.25) is 0 Å². The first kappa shape index (κ1) is 12.9. The van der Waals surface area contributed by atoms with Crippen LogP contribution in [0.25, 0.3) is 6.08 Å². The number of halogens is 2. The van der Waals surface area contributed by atoms with Crippen molar-refractivity contribution in [3.63, 3.8) is 0 Å². The summed E-state index contributed by atoms with van der Waals surface area (Å²) in [6.07, 6.45) is 3.25. The SMILES string of the molecule is CC1(C)CNCC/C1=C\c1cccc(Cl)c1Cl. The fourth-order valence-corrected chi connectivity index (χ4v) is 2.53. The molecule has 0 aliphatic carbocycles. The normalized spacial score (nSPS) is 21.8. The molecule has 17 heavy (non-hydrogen) atoms. The van der Waals surface area contributed by atoms with Gasteiger partial charge in [0.15, 0.2) is 0 Å². The van der Waals surface area contributed by atoms with Crippen molar-refractivity contribution in [1.29, 1.82) is 0 Å². The fraction of sp³-hybridized carbons (Fsp3) is 0.429. The van der Waals surface area contributed by atoms with Crippen LogP contribution in [0.5, 0.6) is 0 Å². The van der Waals surface area contributed by atoms with Gasteiger partial charge < -0.3 is 5.32 Å². The van der Waals surface area contributed by atoms with Crippen molar-refractivity contribution < 1.29 is 0 Å². The molecular formula is C14H17Cl2N. The molecule has 1 aromatic rings. The number of nitrogens with one attached hydrogen (secondary N) is 1. The van der Waals surface area contributed by atoms with Crippen LogP contribution in [0.15, 0.2) is 23.8 Å². The predicted octanol–water partition coefficient (Wildman–Crippen LogP) is 4.40. The molecule has 0 radical (unpaired) electrons. The Morgan fingerprint density at radius 1 is 1.29 bits per heavy atom. The van der Waals surface area contributed by atoms with Crippen molar-refractivity contribution in [2.24, 2.45) is 5.41 Å². The van der Waals surface area contributed by atoms with Gasteiger partial charge in [-0.15, -0.1) is 0 Å². The van der Waals surface area contributed by atoms with Crippen LogP contribution < -0.4 is 5.32 Å². The van der Waals surface area contributed by atoms with Gasteiger partial charge in [0.1, 0.15) is 0 Å². The molecule has 0 amide bonds. The van der Waals surface area contributed by atoms with Crippen molar-refractivity contribution in [2.75, 3.05) is 13.1 Å². The molecule has 0 unspecified atom stereocenters. The minimum atomic E-state index is 0.184. The van der Waals surface area contributed by atoms with Gasteiger partial charge in [-0.2, -0.15) is 0 Å². The first-order valence-corrected chi connectivity index (χ1v) is 6.62. The molecule has 0 aromatic heterocycles. The Labute approximate surface area is 113 Å². The number of benzene rings is 1. The van der Waals surface area contributed by atoms with Crippen LogP contribution in [0.2, 0.25) is 10.0 Å². The van der Waals surface area contributed by atoms with E-state index in [4.69, 9.17) is 23.2 Å². The lowest BCUT2D eigenvalue weighted by Gasteiger charge is -2.33. The van der Waals surface area contributed by atoms with Crippen LogP contribution in [0.4, 0.5) is 0 Å². The number of hydrogen-bond acceptors (Lipinski definition) is 1. The maximum absolute atomic E-state index is 6.21. The molecule has 92 valence electrons. The van der Waals surface area contributed by atoms with E-state index in [0.29, 0.717) is 10.0 Å². The quantitative estimate of drug-likeness (QED) is 0.797. The highest BCUT2D eigenvalue weighted by molar-refractivity contribution is 6.42. The van der Waals surface area contributed by atoms with Gasteiger partial charge in [-0.05, 0) is 30.0 Å². The van der Waals surface area contributed by atoms with Gasteiger partial charge in [0.25, 0.3) is 0 Å². The Hall–Kier alpha value is -0.500. The second kappa shape index (κ2) is 5.01. The zero-order valence-corrected chi connectivity index (χ0v) is 11.7. The summed E-state index contributed by atoms with van der Waals surface area (Å²) in [5, 5.41) is 4.68. The highest BCUT2D eigenvalue weighted by Gasteiger charge is 2.26. The molecule has 1 aliphatic rings. The lowest BCUT2D eigenvalue weighted by molar-refractivity contribution is 0.360. The Morgan fingerprint density at radius 2 is 2.06 bits per heavy atom. The fourth-order valence-electron chi connectivity index (χ4n) is 2.16. The molecule has 0 atom stereocenters. The van der Waals surface area contributed by atoms with Crippen molar-refractivity contribution in [3.8, 4) is 0 Å². The Morgan fingerprint density at radius 3 is 2.76 bits per heavy atom. The molecule has 1 aromatic carbocycles. The molecule has 1 aliphatic heterocycles. The highest BCUT2D eigenvalue weighted by atomic mass is 35.5. The second-order valence-electron chi connectivity index (χ2n) is 5.12. The standard InChI is InChI=1S/C14H17Cl2N/c1-14(2)9-17-7-6-11(14)8-10-4-3-5-12(15)13(10)16/h3-5,8,17H,6-7,9H2,1-2H3/b11-8+. The molecule has 1 heterocycles. The molecule has 3 heteroatoms. The number of piperidine rings is 1. The van der Waals surface area contributed by atoms with Crippen LogP contribution >= 0.6 is 23.2 Å². The highest BCUT2D eigenvalue weighted by Crippen LogP contribution is 2.35. The molecule has 2 rings (SSSR count). The number of hydrogen-bond donors (Lipinski definition) is 1. The van der Waals surface area contributed by atoms with E-state index in [2.05, 4.69) is 25.2 Å². The molecule has 0 bridgehead atoms. The average molecular weight is 270 g/mol. The van der Waals surface area contributed by atoms with Crippen molar-refractivity contribution in [2.45, 2.75) is 20.3 Å². The van der Waals surface area contributed by atoms with Crippen LogP contribution in [-0.2, 0) is 0 Å². The van der Waals surface area contributed by atoms with E-state index in [9.17, 15) is 0 Å². The summed E-state index contributed by atoms with van der Waals surface area (Å²) in [4.78, 5) is 0. The minimum Gasteiger partial charge on any atom is -0.316 e. The zero-order chi connectivity index (χ0) is 12.5. The molecule has 0 spiro atoms. The van der Waals surface area contributed by atoms with Crippen LogP contribution in [0.1, 0.15) is 25.8 Å². The monoisotopic (exact) mass is 269 g/mol. The third-order valence-electron chi connectivity index (χ3n) is 3.32. The summed E-state index contributed by atoms with van der Waals surface area (Å²) in [5.41, 5.74) is 2.63. The van der Waals surface area contributed by atoms with Gasteiger partial charge in [-0.3, -0.25) is 0 Å². The van der Waals surface area contributed by atoms with Gasteiger partial charge >= 0.3 is 0 Å². The summed E-state index contributed by atoms with van der Waals surface area (Å²) in [5.74, 6) is 0. The Balaban J connectivity index is 2.38. The first-order chi connectivity index (χ1) is 8.00. The van der Waals surface area contributed by atoms with E-state index < -0.39 is 0 Å². The summed E-state index contributed by atoms with van der Waals surface area (Å²) in [6, 6.07) is 5.77. The van der Waals surface area contributed by atoms with Crippen LogP contribution in [-0.4, -0.2) is 13.1 Å². The zero-order valence-electron chi connectivity index (χ0n) is 10.2. The van der Waals surface area contributed by atoms with E-state index >= 15 is 0 Å². The smallest absolute Gasteiger partial charge is 0.0664 e. The lowest BCUT2D eigenvalue weighted by Crippen LogP contribution is -2.37. The Kier molecular flexibility index (Phi) is 3.82. The van der Waals surface area contributed by atoms with Gasteiger partial charge in [-0.1, -0.05) is 60.8 Å². The number of rotatable bonds is 1.